The molecule has 0 radical (unpaired) electrons. The summed E-state index contributed by atoms with van der Waals surface area (Å²) in [5.41, 5.74) is 5.04. The maximum atomic E-state index is 13.0. The molecule has 0 aliphatic rings. The molecule has 0 spiro atoms. The van der Waals surface area contributed by atoms with Crippen molar-refractivity contribution in [2.75, 3.05) is 11.9 Å². The lowest BCUT2D eigenvalue weighted by Gasteiger charge is -2.09. The number of anilines is 1. The van der Waals surface area contributed by atoms with E-state index >= 15 is 0 Å². The first-order valence-corrected chi connectivity index (χ1v) is 10.3. The van der Waals surface area contributed by atoms with E-state index in [4.69, 9.17) is 4.74 Å². The van der Waals surface area contributed by atoms with Crippen LogP contribution in [-0.2, 0) is 20.9 Å². The molecule has 0 atom stereocenters. The van der Waals surface area contributed by atoms with E-state index in [2.05, 4.69) is 21.2 Å². The maximum Gasteiger partial charge on any atom is 0.329 e. The smallest absolute Gasteiger partial charge is 0.329 e. The van der Waals surface area contributed by atoms with Gasteiger partial charge in [0, 0.05) is 17.8 Å². The molecule has 3 rings (SSSR count). The average molecular weight is 462 g/mol. The number of rotatable bonds is 8. The highest BCUT2D eigenvalue weighted by molar-refractivity contribution is 6.35. The molecule has 0 saturated carbocycles. The van der Waals surface area contributed by atoms with Gasteiger partial charge in [0.25, 0.3) is 5.91 Å². The molecule has 8 nitrogen and oxygen atoms in total. The number of halogens is 1. The molecule has 3 amide bonds. The SMILES string of the molecule is Cc1ccc(CNC(=O)C(=O)N/N=C\c2ccccc2OCC(=O)Nc2ccc(F)cc2)cc1. The van der Waals surface area contributed by atoms with Gasteiger partial charge in [-0.1, -0.05) is 42.0 Å². The normalized spacial score (nSPS) is 10.5. The molecular weight excluding hydrogens is 439 g/mol. The number of carbonyl (C=O) groups excluding carboxylic acids is 3. The van der Waals surface area contributed by atoms with Gasteiger partial charge in [-0.2, -0.15) is 5.10 Å². The molecule has 0 saturated heterocycles. The van der Waals surface area contributed by atoms with Gasteiger partial charge in [-0.15, -0.1) is 0 Å². The predicted molar refractivity (Wildman–Crippen MR) is 126 cm³/mol. The van der Waals surface area contributed by atoms with Crippen LogP contribution in [0, 0.1) is 12.7 Å². The molecule has 174 valence electrons. The van der Waals surface area contributed by atoms with Crippen LogP contribution in [0.1, 0.15) is 16.7 Å². The Bertz CT molecular complexity index is 1180. The van der Waals surface area contributed by atoms with Crippen molar-refractivity contribution in [1.29, 1.82) is 0 Å². The number of hydrazone groups is 1. The molecule has 3 aromatic rings. The molecule has 0 bridgehead atoms. The summed E-state index contributed by atoms with van der Waals surface area (Å²) in [6.45, 7) is 1.88. The zero-order valence-electron chi connectivity index (χ0n) is 18.4. The van der Waals surface area contributed by atoms with Crippen molar-refractivity contribution in [2.45, 2.75) is 13.5 Å². The van der Waals surface area contributed by atoms with Crippen molar-refractivity contribution in [3.63, 3.8) is 0 Å². The molecule has 3 N–H and O–H groups in total. The summed E-state index contributed by atoms with van der Waals surface area (Å²) in [5, 5.41) is 8.90. The maximum absolute atomic E-state index is 13.0. The van der Waals surface area contributed by atoms with Gasteiger partial charge in [0.05, 0.1) is 6.21 Å². The number of benzene rings is 3. The van der Waals surface area contributed by atoms with Gasteiger partial charge in [-0.05, 0) is 48.9 Å². The zero-order valence-corrected chi connectivity index (χ0v) is 18.4. The summed E-state index contributed by atoms with van der Waals surface area (Å²) in [6.07, 6.45) is 1.30. The van der Waals surface area contributed by atoms with Crippen molar-refractivity contribution >= 4 is 29.6 Å². The molecule has 0 aliphatic heterocycles. The highest BCUT2D eigenvalue weighted by Crippen LogP contribution is 2.16. The molecule has 0 unspecified atom stereocenters. The van der Waals surface area contributed by atoms with Crippen LogP contribution in [0.25, 0.3) is 0 Å². The topological polar surface area (TPSA) is 109 Å². The summed E-state index contributed by atoms with van der Waals surface area (Å²) < 4.78 is 18.5. The summed E-state index contributed by atoms with van der Waals surface area (Å²) in [7, 11) is 0. The molecule has 3 aromatic carbocycles. The number of aryl methyl sites for hydroxylation is 1. The Morgan fingerprint density at radius 1 is 0.941 bits per heavy atom. The van der Waals surface area contributed by atoms with Crippen molar-refractivity contribution in [2.24, 2.45) is 5.10 Å². The first-order valence-electron chi connectivity index (χ1n) is 10.3. The lowest BCUT2D eigenvalue weighted by molar-refractivity contribution is -0.139. The van der Waals surface area contributed by atoms with Gasteiger partial charge < -0.3 is 15.4 Å². The number of hydrogen-bond donors (Lipinski definition) is 3. The van der Waals surface area contributed by atoms with E-state index in [1.165, 1.54) is 30.5 Å². The molecule has 0 fully saturated rings. The number of nitrogens with zero attached hydrogens (tertiary/aromatic N) is 1. The Morgan fingerprint density at radius 3 is 2.38 bits per heavy atom. The van der Waals surface area contributed by atoms with E-state index in [1.807, 2.05) is 31.2 Å². The monoisotopic (exact) mass is 462 g/mol. The molecule has 9 heteroatoms. The second kappa shape index (κ2) is 11.9. The Kier molecular flexibility index (Phi) is 8.45. The summed E-state index contributed by atoms with van der Waals surface area (Å²) >= 11 is 0. The molecule has 0 aliphatic carbocycles. The summed E-state index contributed by atoms with van der Waals surface area (Å²) in [4.78, 5) is 36.0. The van der Waals surface area contributed by atoms with Gasteiger partial charge in [0.1, 0.15) is 11.6 Å². The number of carbonyl (C=O) groups is 3. The molecular formula is C25H23FN4O4. The number of para-hydroxylation sites is 1. The highest BCUT2D eigenvalue weighted by atomic mass is 19.1. The lowest BCUT2D eigenvalue weighted by atomic mass is 10.1. The lowest BCUT2D eigenvalue weighted by Crippen LogP contribution is -2.37. The minimum absolute atomic E-state index is 0.215. The van der Waals surface area contributed by atoms with Crippen molar-refractivity contribution < 1.29 is 23.5 Å². The third-order valence-corrected chi connectivity index (χ3v) is 4.56. The van der Waals surface area contributed by atoms with E-state index in [0.29, 0.717) is 17.0 Å². The number of amides is 3. The fraction of sp³-hybridized carbons (Fsp3) is 0.120. The van der Waals surface area contributed by atoms with E-state index < -0.39 is 23.5 Å². The van der Waals surface area contributed by atoms with Gasteiger partial charge in [0.15, 0.2) is 6.61 Å². The minimum Gasteiger partial charge on any atom is -0.483 e. The van der Waals surface area contributed by atoms with Crippen molar-refractivity contribution in [1.82, 2.24) is 10.7 Å². The first kappa shape index (κ1) is 24.1. The standard InChI is InChI=1S/C25H23FN4O4/c1-17-6-8-18(9-7-17)14-27-24(32)25(33)30-28-15-19-4-2-3-5-22(19)34-16-23(31)29-21-12-10-20(26)11-13-21/h2-13,15H,14,16H2,1H3,(H,27,32)(H,29,31)(H,30,33)/b28-15-. The van der Waals surface area contributed by atoms with Gasteiger partial charge >= 0.3 is 11.8 Å². The van der Waals surface area contributed by atoms with Gasteiger partial charge in [-0.3, -0.25) is 14.4 Å². The summed E-state index contributed by atoms with van der Waals surface area (Å²) in [6, 6.07) is 19.6. The van der Waals surface area contributed by atoms with Crippen LogP contribution < -0.4 is 20.8 Å². The zero-order chi connectivity index (χ0) is 24.3. The van der Waals surface area contributed by atoms with Crippen LogP contribution in [0.2, 0.25) is 0 Å². The van der Waals surface area contributed by atoms with E-state index in [0.717, 1.165) is 11.1 Å². The van der Waals surface area contributed by atoms with E-state index in [1.54, 1.807) is 24.3 Å². The van der Waals surface area contributed by atoms with E-state index in [9.17, 15) is 18.8 Å². The third-order valence-electron chi connectivity index (χ3n) is 4.56. The minimum atomic E-state index is -0.916. The van der Waals surface area contributed by atoms with Crippen LogP contribution in [0.3, 0.4) is 0 Å². The van der Waals surface area contributed by atoms with Crippen LogP contribution in [-0.4, -0.2) is 30.5 Å². The average Bonchev–Trinajstić information content (AvgIpc) is 2.84. The van der Waals surface area contributed by atoms with Crippen molar-refractivity contribution in [3.8, 4) is 5.75 Å². The second-order valence-electron chi connectivity index (χ2n) is 7.25. The van der Waals surface area contributed by atoms with Crippen LogP contribution >= 0.6 is 0 Å². The largest absolute Gasteiger partial charge is 0.483 e. The quantitative estimate of drug-likeness (QED) is 0.272. The van der Waals surface area contributed by atoms with Gasteiger partial charge in [-0.25, -0.2) is 9.82 Å². The second-order valence-corrected chi connectivity index (χ2v) is 7.25. The number of ether oxygens (including phenoxy) is 1. The highest BCUT2D eigenvalue weighted by Gasteiger charge is 2.12. The van der Waals surface area contributed by atoms with Crippen LogP contribution in [0.4, 0.5) is 10.1 Å². The Balaban J connectivity index is 1.48. The molecule has 0 aromatic heterocycles. The number of nitrogens with one attached hydrogen (secondary N) is 3. The van der Waals surface area contributed by atoms with Crippen molar-refractivity contribution in [3.05, 3.63) is 95.3 Å². The Labute approximate surface area is 195 Å². The Hall–Kier alpha value is -4.53. The van der Waals surface area contributed by atoms with Crippen LogP contribution in [0.15, 0.2) is 77.9 Å². The van der Waals surface area contributed by atoms with Gasteiger partial charge in [0.2, 0.25) is 0 Å². The number of hydrogen-bond acceptors (Lipinski definition) is 5. The summed E-state index contributed by atoms with van der Waals surface area (Å²) in [5.74, 6) is -2.23. The van der Waals surface area contributed by atoms with E-state index in [-0.39, 0.29) is 13.2 Å². The molecule has 0 heterocycles. The first-order chi connectivity index (χ1) is 16.4. The third kappa shape index (κ3) is 7.56. The fourth-order valence-corrected chi connectivity index (χ4v) is 2.77. The van der Waals surface area contributed by atoms with Crippen LogP contribution in [0.5, 0.6) is 5.75 Å². The Morgan fingerprint density at radius 2 is 1.65 bits per heavy atom. The molecule has 34 heavy (non-hydrogen) atoms. The fourth-order valence-electron chi connectivity index (χ4n) is 2.77. The predicted octanol–water partition coefficient (Wildman–Crippen LogP) is 2.92.